The van der Waals surface area contributed by atoms with Gasteiger partial charge in [-0.25, -0.2) is 10.2 Å². The summed E-state index contributed by atoms with van der Waals surface area (Å²) in [6, 6.07) is 12.7. The summed E-state index contributed by atoms with van der Waals surface area (Å²) in [5.74, 6) is -0.992. The van der Waals surface area contributed by atoms with Crippen LogP contribution in [0.15, 0.2) is 64.1 Å². The summed E-state index contributed by atoms with van der Waals surface area (Å²) >= 11 is 5.85. The van der Waals surface area contributed by atoms with Gasteiger partial charge in [0.2, 0.25) is 0 Å². The number of hydrogen-bond donors (Lipinski definition) is 2. The summed E-state index contributed by atoms with van der Waals surface area (Å²) in [6.45, 7) is 0. The maximum atomic E-state index is 12.0. The highest BCUT2D eigenvalue weighted by atomic mass is 35.5. The van der Waals surface area contributed by atoms with Crippen LogP contribution in [0.1, 0.15) is 26.5 Å². The first-order valence-corrected chi connectivity index (χ1v) is 8.44. The normalized spacial score (nSPS) is 10.8. The van der Waals surface area contributed by atoms with E-state index in [1.165, 1.54) is 42.6 Å². The molecule has 0 fully saturated rings. The van der Waals surface area contributed by atoms with Crippen molar-refractivity contribution in [2.45, 2.75) is 0 Å². The van der Waals surface area contributed by atoms with Crippen LogP contribution >= 0.6 is 11.6 Å². The summed E-state index contributed by atoms with van der Waals surface area (Å²) in [4.78, 5) is 33.2. The number of rotatable bonds is 6. The number of carbonyl (C=O) groups excluding carboxylic acids is 1. The van der Waals surface area contributed by atoms with Crippen molar-refractivity contribution in [1.29, 1.82) is 0 Å². The lowest BCUT2D eigenvalue weighted by Gasteiger charge is -2.02. The van der Waals surface area contributed by atoms with Gasteiger partial charge in [0.05, 0.1) is 21.7 Å². The molecule has 3 rings (SSSR count). The van der Waals surface area contributed by atoms with Gasteiger partial charge in [0, 0.05) is 23.3 Å². The Morgan fingerprint density at radius 2 is 1.86 bits per heavy atom. The van der Waals surface area contributed by atoms with Crippen LogP contribution in [-0.2, 0) is 0 Å². The monoisotopic (exact) mass is 413 g/mol. The van der Waals surface area contributed by atoms with E-state index in [9.17, 15) is 19.7 Å². The largest absolute Gasteiger partial charge is 0.478 e. The number of nitrogens with one attached hydrogen (secondary N) is 1. The molecule has 0 atom stereocenters. The summed E-state index contributed by atoms with van der Waals surface area (Å²) in [5.41, 5.74) is 2.83. The third-order valence-electron chi connectivity index (χ3n) is 3.81. The smallest absolute Gasteiger partial charge is 0.337 e. The minimum absolute atomic E-state index is 0.0499. The maximum Gasteiger partial charge on any atom is 0.337 e. The number of furan rings is 1. The van der Waals surface area contributed by atoms with Crippen LogP contribution < -0.4 is 5.43 Å². The predicted molar refractivity (Wildman–Crippen MR) is 104 cm³/mol. The lowest BCUT2D eigenvalue weighted by molar-refractivity contribution is -0.384. The van der Waals surface area contributed by atoms with Crippen molar-refractivity contribution in [2.75, 3.05) is 0 Å². The molecule has 0 spiro atoms. The van der Waals surface area contributed by atoms with E-state index >= 15 is 0 Å². The van der Waals surface area contributed by atoms with Crippen LogP contribution in [0.2, 0.25) is 5.02 Å². The molecular weight excluding hydrogens is 402 g/mol. The molecule has 1 aromatic heterocycles. The van der Waals surface area contributed by atoms with Gasteiger partial charge in [0.15, 0.2) is 0 Å². The molecule has 0 bridgehead atoms. The first-order valence-electron chi connectivity index (χ1n) is 8.06. The molecule has 9 nitrogen and oxygen atoms in total. The lowest BCUT2D eigenvalue weighted by atomic mass is 10.1. The minimum Gasteiger partial charge on any atom is -0.478 e. The van der Waals surface area contributed by atoms with E-state index in [-0.39, 0.29) is 21.8 Å². The highest BCUT2D eigenvalue weighted by Gasteiger charge is 2.12. The van der Waals surface area contributed by atoms with Crippen molar-refractivity contribution in [3.63, 3.8) is 0 Å². The Morgan fingerprint density at radius 3 is 2.52 bits per heavy atom. The molecule has 10 heteroatoms. The van der Waals surface area contributed by atoms with Gasteiger partial charge in [-0.05, 0) is 42.5 Å². The van der Waals surface area contributed by atoms with Gasteiger partial charge in [-0.15, -0.1) is 0 Å². The molecule has 0 aliphatic heterocycles. The molecule has 0 saturated carbocycles. The number of hydrazone groups is 1. The molecule has 0 aliphatic rings. The molecule has 1 heterocycles. The van der Waals surface area contributed by atoms with Crippen LogP contribution in [0.3, 0.4) is 0 Å². The third kappa shape index (κ3) is 4.66. The molecule has 29 heavy (non-hydrogen) atoms. The van der Waals surface area contributed by atoms with Crippen molar-refractivity contribution in [2.24, 2.45) is 5.10 Å². The van der Waals surface area contributed by atoms with E-state index in [4.69, 9.17) is 21.1 Å². The van der Waals surface area contributed by atoms with E-state index in [0.29, 0.717) is 17.1 Å². The Kier molecular flexibility index (Phi) is 5.70. The lowest BCUT2D eigenvalue weighted by Crippen LogP contribution is -2.17. The number of carboxylic acid groups (broad SMARTS) is 1. The Balaban J connectivity index is 1.67. The zero-order valence-electron chi connectivity index (χ0n) is 14.5. The van der Waals surface area contributed by atoms with Gasteiger partial charge in [-0.2, -0.15) is 5.10 Å². The highest BCUT2D eigenvalue weighted by Crippen LogP contribution is 2.26. The number of carbonyl (C=O) groups is 2. The Bertz CT molecular complexity index is 1120. The van der Waals surface area contributed by atoms with Gasteiger partial charge < -0.3 is 9.52 Å². The summed E-state index contributed by atoms with van der Waals surface area (Å²) in [7, 11) is 0. The molecule has 146 valence electrons. The number of nitro groups is 1. The second-order valence-corrected chi connectivity index (χ2v) is 6.11. The number of nitrogens with zero attached hydrogens (tertiary/aromatic N) is 2. The van der Waals surface area contributed by atoms with E-state index in [1.807, 2.05) is 0 Å². The number of hydrogen-bond acceptors (Lipinski definition) is 6. The van der Waals surface area contributed by atoms with Gasteiger partial charge >= 0.3 is 5.97 Å². The van der Waals surface area contributed by atoms with Crippen LogP contribution in [0.25, 0.3) is 11.3 Å². The molecule has 2 aromatic carbocycles. The van der Waals surface area contributed by atoms with Gasteiger partial charge in [0.25, 0.3) is 11.6 Å². The highest BCUT2D eigenvalue weighted by molar-refractivity contribution is 6.33. The molecular formula is C19H12ClN3O6. The quantitative estimate of drug-likeness (QED) is 0.356. The molecule has 2 N–H and O–H groups in total. The van der Waals surface area contributed by atoms with Crippen LogP contribution in [-0.4, -0.2) is 28.1 Å². The average Bonchev–Trinajstić information content (AvgIpc) is 3.17. The second-order valence-electron chi connectivity index (χ2n) is 5.70. The molecule has 3 aromatic rings. The van der Waals surface area contributed by atoms with E-state index in [1.54, 1.807) is 18.2 Å². The molecule has 0 unspecified atom stereocenters. The Morgan fingerprint density at radius 1 is 1.14 bits per heavy atom. The standard InChI is InChI=1S/C19H12ClN3O6/c20-16-7-3-12(9-15(16)19(25)26)17-8-6-14(29-17)10-21-22-18(24)11-1-4-13(5-2-11)23(27)28/h1-10H,(H,22,24)(H,25,26)/b21-10+. The predicted octanol–water partition coefficient (Wildman–Crippen LogP) is 3.97. The van der Waals surface area contributed by atoms with Gasteiger partial charge in [-0.1, -0.05) is 11.6 Å². The van der Waals surface area contributed by atoms with Gasteiger partial charge in [-0.3, -0.25) is 14.9 Å². The Labute approximate surface area is 168 Å². The number of aromatic carboxylic acids is 1. The first kappa shape index (κ1) is 19.8. The fourth-order valence-corrected chi connectivity index (χ4v) is 2.57. The number of benzene rings is 2. The fourth-order valence-electron chi connectivity index (χ4n) is 2.37. The molecule has 0 saturated heterocycles. The van der Waals surface area contributed by atoms with Crippen LogP contribution in [0, 0.1) is 10.1 Å². The molecule has 0 aliphatic carbocycles. The van der Waals surface area contributed by atoms with Crippen molar-refractivity contribution in [3.8, 4) is 11.3 Å². The fraction of sp³-hybridized carbons (Fsp3) is 0. The van der Waals surface area contributed by atoms with Crippen molar-refractivity contribution < 1.29 is 24.0 Å². The van der Waals surface area contributed by atoms with E-state index < -0.39 is 16.8 Å². The number of carboxylic acids is 1. The zero-order chi connectivity index (χ0) is 21.0. The maximum absolute atomic E-state index is 12.0. The van der Waals surface area contributed by atoms with Crippen molar-refractivity contribution >= 4 is 35.4 Å². The minimum atomic E-state index is -1.15. The molecule has 1 amide bonds. The number of amides is 1. The summed E-state index contributed by atoms with van der Waals surface area (Å²) in [6.07, 6.45) is 1.26. The SMILES string of the molecule is O=C(N/N=C/c1ccc(-c2ccc(Cl)c(C(=O)O)c2)o1)c1ccc([N+](=O)[O-])cc1. The molecule has 0 radical (unpaired) electrons. The van der Waals surface area contributed by atoms with E-state index in [2.05, 4.69) is 10.5 Å². The van der Waals surface area contributed by atoms with Crippen molar-refractivity contribution in [1.82, 2.24) is 5.43 Å². The number of halogens is 1. The van der Waals surface area contributed by atoms with Crippen molar-refractivity contribution in [3.05, 3.63) is 86.6 Å². The third-order valence-corrected chi connectivity index (χ3v) is 4.14. The van der Waals surface area contributed by atoms with Gasteiger partial charge in [0.1, 0.15) is 11.5 Å². The average molecular weight is 414 g/mol. The van der Waals surface area contributed by atoms with Crippen LogP contribution in [0.5, 0.6) is 0 Å². The van der Waals surface area contributed by atoms with Crippen LogP contribution in [0.4, 0.5) is 5.69 Å². The number of non-ortho nitro benzene ring substituents is 1. The van der Waals surface area contributed by atoms with E-state index in [0.717, 1.165) is 0 Å². The second kappa shape index (κ2) is 8.36. The Hall–Kier alpha value is -3.98. The zero-order valence-corrected chi connectivity index (χ0v) is 15.3. The summed E-state index contributed by atoms with van der Waals surface area (Å²) in [5, 5.41) is 23.6. The summed E-state index contributed by atoms with van der Waals surface area (Å²) < 4.78 is 5.56. The number of nitro benzene ring substituents is 1. The first-order chi connectivity index (χ1) is 13.8. The topological polar surface area (TPSA) is 135 Å².